The van der Waals surface area contributed by atoms with Crippen LogP contribution < -0.4 is 0 Å². The van der Waals surface area contributed by atoms with Crippen LogP contribution in [-0.4, -0.2) is 58.5 Å². The highest BCUT2D eigenvalue weighted by Gasteiger charge is 2.27. The molecule has 0 spiro atoms. The van der Waals surface area contributed by atoms with Crippen LogP contribution in [0, 0.1) is 5.92 Å². The van der Waals surface area contributed by atoms with Crippen molar-refractivity contribution in [2.45, 2.75) is 71.4 Å². The molecule has 0 aromatic heterocycles. The van der Waals surface area contributed by atoms with Crippen molar-refractivity contribution >= 4 is 12.1 Å². The van der Waals surface area contributed by atoms with Crippen LogP contribution in [0.1, 0.15) is 59.8 Å². The Morgan fingerprint density at radius 3 is 2.50 bits per heavy atom. The van der Waals surface area contributed by atoms with E-state index >= 15 is 0 Å². The molecule has 1 saturated heterocycles. The molecule has 7 nitrogen and oxygen atoms in total. The number of nitrogens with zero attached hydrogens (tertiary/aromatic N) is 2. The van der Waals surface area contributed by atoms with Gasteiger partial charge in [0.1, 0.15) is 5.60 Å². The fraction of sp³-hybridized carbons (Fsp3) is 0.714. The van der Waals surface area contributed by atoms with E-state index < -0.39 is 11.6 Å². The second-order valence-electron chi connectivity index (χ2n) is 8.54. The van der Waals surface area contributed by atoms with E-state index in [4.69, 9.17) is 9.57 Å². The molecule has 1 unspecified atom stereocenters. The molecule has 1 fully saturated rings. The zero-order chi connectivity index (χ0) is 20.7. The van der Waals surface area contributed by atoms with E-state index in [0.29, 0.717) is 18.1 Å². The van der Waals surface area contributed by atoms with Crippen molar-refractivity contribution in [3.8, 4) is 0 Å². The summed E-state index contributed by atoms with van der Waals surface area (Å²) in [5, 5.41) is 10.8. The number of aliphatic carboxylic acids is 1. The molecule has 0 aromatic carbocycles. The number of carboxylic acids is 1. The molecule has 2 heterocycles. The smallest absolute Gasteiger partial charge is 0.410 e. The monoisotopic (exact) mass is 394 g/mol. The first-order valence-corrected chi connectivity index (χ1v) is 10.2. The van der Waals surface area contributed by atoms with Crippen LogP contribution in [0.25, 0.3) is 0 Å². The third-order valence-corrected chi connectivity index (χ3v) is 5.10. The third-order valence-electron chi connectivity index (χ3n) is 5.10. The maximum atomic E-state index is 12.1. The van der Waals surface area contributed by atoms with Crippen molar-refractivity contribution in [3.05, 3.63) is 23.9 Å². The lowest BCUT2D eigenvalue weighted by molar-refractivity contribution is -0.149. The van der Waals surface area contributed by atoms with Crippen LogP contribution in [0.15, 0.2) is 23.9 Å². The van der Waals surface area contributed by atoms with E-state index in [-0.39, 0.29) is 12.1 Å². The Morgan fingerprint density at radius 1 is 1.21 bits per heavy atom. The number of piperidine rings is 1. The molecule has 2 aliphatic heterocycles. The number of likely N-dealkylation sites (tertiary alicyclic amines) is 1. The minimum Gasteiger partial charge on any atom is -0.478 e. The number of ether oxygens (including phenoxy) is 1. The number of allylic oxidation sites excluding steroid dienone is 2. The van der Waals surface area contributed by atoms with E-state index in [2.05, 4.69) is 0 Å². The van der Waals surface area contributed by atoms with Gasteiger partial charge < -0.3 is 14.7 Å². The second-order valence-corrected chi connectivity index (χ2v) is 8.54. The lowest BCUT2D eigenvalue weighted by atomic mass is 9.92. The SMILES string of the molecule is CC1C(C(=O)O)=CC=CN1OCCCCC1CCN(C(=O)OC(C)(C)C)CC1. The summed E-state index contributed by atoms with van der Waals surface area (Å²) in [4.78, 5) is 30.8. The molecule has 1 amide bonds. The van der Waals surface area contributed by atoms with E-state index in [1.807, 2.05) is 32.6 Å². The lowest BCUT2D eigenvalue weighted by Gasteiger charge is -2.33. The van der Waals surface area contributed by atoms with Gasteiger partial charge in [-0.1, -0.05) is 12.8 Å². The number of carboxylic acid groups (broad SMARTS) is 1. The summed E-state index contributed by atoms with van der Waals surface area (Å²) in [6.07, 6.45) is 9.99. The van der Waals surface area contributed by atoms with Gasteiger partial charge in [-0.05, 0) is 65.0 Å². The molecular formula is C21H34N2O5. The first kappa shape index (κ1) is 22.3. The number of unbranched alkanes of at least 4 members (excludes halogenated alkanes) is 1. The summed E-state index contributed by atoms with van der Waals surface area (Å²) in [5.41, 5.74) is -0.116. The van der Waals surface area contributed by atoms with Gasteiger partial charge in [0.15, 0.2) is 0 Å². The molecule has 2 rings (SSSR count). The van der Waals surface area contributed by atoms with Crippen LogP contribution in [0.3, 0.4) is 0 Å². The lowest BCUT2D eigenvalue weighted by Crippen LogP contribution is -2.41. The van der Waals surface area contributed by atoms with E-state index in [0.717, 1.165) is 45.2 Å². The maximum Gasteiger partial charge on any atom is 0.410 e. The van der Waals surface area contributed by atoms with Gasteiger partial charge in [-0.15, -0.1) is 0 Å². The Morgan fingerprint density at radius 2 is 1.89 bits per heavy atom. The number of carbonyl (C=O) groups is 2. The normalized spacial score (nSPS) is 20.9. The fourth-order valence-corrected chi connectivity index (χ4v) is 3.48. The molecule has 0 radical (unpaired) electrons. The minimum absolute atomic E-state index is 0.210. The predicted octanol–water partition coefficient (Wildman–Crippen LogP) is 3.96. The summed E-state index contributed by atoms with van der Waals surface area (Å²) in [6, 6.07) is -0.292. The summed E-state index contributed by atoms with van der Waals surface area (Å²) in [5.74, 6) is -0.280. The first-order chi connectivity index (χ1) is 13.2. The van der Waals surface area contributed by atoms with Gasteiger partial charge >= 0.3 is 12.1 Å². The quantitative estimate of drug-likeness (QED) is 0.659. The number of hydroxylamine groups is 2. The maximum absolute atomic E-state index is 12.1. The van der Waals surface area contributed by atoms with Gasteiger partial charge in [0.25, 0.3) is 0 Å². The fourth-order valence-electron chi connectivity index (χ4n) is 3.48. The summed E-state index contributed by atoms with van der Waals surface area (Å²) < 4.78 is 5.43. The molecule has 28 heavy (non-hydrogen) atoms. The van der Waals surface area contributed by atoms with Gasteiger partial charge in [-0.25, -0.2) is 9.59 Å². The largest absolute Gasteiger partial charge is 0.478 e. The zero-order valence-electron chi connectivity index (χ0n) is 17.5. The van der Waals surface area contributed by atoms with Crippen LogP contribution in [-0.2, 0) is 14.4 Å². The zero-order valence-corrected chi connectivity index (χ0v) is 17.5. The molecule has 2 aliphatic rings. The van der Waals surface area contributed by atoms with Gasteiger partial charge in [-0.3, -0.25) is 9.90 Å². The molecule has 0 bridgehead atoms. The number of carbonyl (C=O) groups excluding carboxylic acids is 1. The van der Waals surface area contributed by atoms with E-state index in [1.165, 1.54) is 0 Å². The van der Waals surface area contributed by atoms with Crippen LogP contribution in [0.4, 0.5) is 4.79 Å². The van der Waals surface area contributed by atoms with Crippen LogP contribution in [0.5, 0.6) is 0 Å². The Balaban J connectivity index is 1.59. The topological polar surface area (TPSA) is 79.3 Å². The Hall–Kier alpha value is -2.02. The third kappa shape index (κ3) is 6.86. The number of hydrogen-bond acceptors (Lipinski definition) is 5. The van der Waals surface area contributed by atoms with Crippen LogP contribution >= 0.6 is 0 Å². The Bertz CT molecular complexity index is 600. The molecule has 158 valence electrons. The van der Waals surface area contributed by atoms with Crippen molar-refractivity contribution in [1.29, 1.82) is 0 Å². The van der Waals surface area contributed by atoms with E-state index in [1.54, 1.807) is 23.4 Å². The molecular weight excluding hydrogens is 360 g/mol. The van der Waals surface area contributed by atoms with Crippen molar-refractivity contribution in [3.63, 3.8) is 0 Å². The van der Waals surface area contributed by atoms with Crippen molar-refractivity contribution in [2.75, 3.05) is 19.7 Å². The second kappa shape index (κ2) is 9.96. The number of hydrogen-bond donors (Lipinski definition) is 1. The summed E-state index contributed by atoms with van der Waals surface area (Å²) in [7, 11) is 0. The molecule has 0 aromatic rings. The molecule has 0 aliphatic carbocycles. The first-order valence-electron chi connectivity index (χ1n) is 10.2. The average Bonchev–Trinajstić information content (AvgIpc) is 2.61. The minimum atomic E-state index is -0.914. The highest BCUT2D eigenvalue weighted by molar-refractivity contribution is 5.88. The van der Waals surface area contributed by atoms with Crippen molar-refractivity contribution < 1.29 is 24.3 Å². The molecule has 1 atom stereocenters. The number of amides is 1. The molecule has 1 N–H and O–H groups in total. The highest BCUT2D eigenvalue weighted by atomic mass is 16.7. The summed E-state index contributed by atoms with van der Waals surface area (Å²) >= 11 is 0. The van der Waals surface area contributed by atoms with Gasteiger partial charge in [0.05, 0.1) is 18.2 Å². The van der Waals surface area contributed by atoms with Crippen LogP contribution in [0.2, 0.25) is 0 Å². The van der Waals surface area contributed by atoms with Crippen molar-refractivity contribution in [2.24, 2.45) is 5.92 Å². The van der Waals surface area contributed by atoms with Crippen molar-refractivity contribution in [1.82, 2.24) is 9.96 Å². The summed E-state index contributed by atoms with van der Waals surface area (Å²) in [6.45, 7) is 9.57. The Labute approximate surface area is 167 Å². The van der Waals surface area contributed by atoms with Gasteiger partial charge in [0.2, 0.25) is 0 Å². The molecule has 7 heteroatoms. The molecule has 0 saturated carbocycles. The Kier molecular flexibility index (Phi) is 7.92. The standard InChI is InChI=1S/C21H34N2O5/c1-16-18(19(24)25)9-7-12-23(16)27-15-6-5-8-17-10-13-22(14-11-17)20(26)28-21(2,3)4/h7,9,12,16-17H,5-6,8,10-11,13-15H2,1-4H3,(H,24,25). The average molecular weight is 395 g/mol. The van der Waals surface area contributed by atoms with Gasteiger partial charge in [0, 0.05) is 19.3 Å². The highest BCUT2D eigenvalue weighted by Crippen LogP contribution is 2.24. The van der Waals surface area contributed by atoms with Gasteiger partial charge in [-0.2, -0.15) is 0 Å². The van der Waals surface area contributed by atoms with E-state index in [9.17, 15) is 14.7 Å². The predicted molar refractivity (Wildman–Crippen MR) is 106 cm³/mol. The number of rotatable bonds is 7.